The molecular weight excluding hydrogens is 378 g/mol. The second-order valence-electron chi connectivity index (χ2n) is 7.22. The van der Waals surface area contributed by atoms with Crippen LogP contribution in [0.15, 0.2) is 52.3 Å². The molecule has 2 aliphatic rings. The Kier molecular flexibility index (Phi) is 5.07. The molecule has 0 radical (unpaired) electrons. The third kappa shape index (κ3) is 3.49. The number of nitrogens with zero attached hydrogens (tertiary/aromatic N) is 3. The van der Waals surface area contributed by atoms with Crippen molar-refractivity contribution in [2.45, 2.75) is 37.1 Å². The lowest BCUT2D eigenvalue weighted by atomic mass is 10.2. The average molecular weight is 401 g/mol. The van der Waals surface area contributed by atoms with E-state index in [1.165, 1.54) is 27.2 Å². The Bertz CT molecular complexity index is 1060. The number of carbonyl (C=O) groups excluding carboxylic acids is 1. The lowest BCUT2D eigenvalue weighted by Crippen LogP contribution is -2.37. The van der Waals surface area contributed by atoms with Gasteiger partial charge in [0.25, 0.3) is 5.56 Å². The van der Waals surface area contributed by atoms with Crippen LogP contribution in [0.4, 0.5) is 5.69 Å². The maximum atomic E-state index is 12.9. The van der Waals surface area contributed by atoms with Crippen LogP contribution in [-0.2, 0) is 27.8 Å². The summed E-state index contributed by atoms with van der Waals surface area (Å²) in [6.07, 6.45) is 4.78. The Hall–Kier alpha value is -2.45. The number of amides is 1. The average Bonchev–Trinajstić information content (AvgIpc) is 3.14. The Labute approximate surface area is 164 Å². The Balaban J connectivity index is 1.58. The fraction of sp³-hybridized carbons (Fsp3) is 0.400. The molecule has 0 atom stereocenters. The van der Waals surface area contributed by atoms with Gasteiger partial charge in [0, 0.05) is 37.6 Å². The van der Waals surface area contributed by atoms with Crippen LogP contribution in [-0.4, -0.2) is 42.8 Å². The Morgan fingerprint density at radius 1 is 0.964 bits per heavy atom. The van der Waals surface area contributed by atoms with E-state index in [0.717, 1.165) is 36.9 Å². The molecule has 0 aliphatic carbocycles. The lowest BCUT2D eigenvalue weighted by molar-refractivity contribution is -0.119. The molecule has 0 N–H and O–H groups in total. The van der Waals surface area contributed by atoms with Crippen LogP contribution in [0.2, 0.25) is 0 Å². The van der Waals surface area contributed by atoms with Crippen LogP contribution in [0.5, 0.6) is 0 Å². The summed E-state index contributed by atoms with van der Waals surface area (Å²) >= 11 is 0. The zero-order valence-corrected chi connectivity index (χ0v) is 16.4. The zero-order valence-electron chi connectivity index (χ0n) is 15.6. The van der Waals surface area contributed by atoms with Crippen molar-refractivity contribution in [1.82, 2.24) is 8.87 Å². The van der Waals surface area contributed by atoms with Crippen molar-refractivity contribution >= 4 is 21.6 Å². The number of fused-ring (bicyclic) bond motifs is 1. The molecule has 0 saturated carbocycles. The molecular formula is C20H23N3O4S. The van der Waals surface area contributed by atoms with Crippen molar-refractivity contribution < 1.29 is 13.2 Å². The van der Waals surface area contributed by atoms with Crippen molar-refractivity contribution in [1.29, 1.82) is 0 Å². The highest BCUT2D eigenvalue weighted by Gasteiger charge is 2.28. The second-order valence-corrected chi connectivity index (χ2v) is 9.16. The van der Waals surface area contributed by atoms with Gasteiger partial charge in [-0.3, -0.25) is 9.59 Å². The fourth-order valence-electron chi connectivity index (χ4n) is 3.87. The normalized spacial score (nSPS) is 17.5. The van der Waals surface area contributed by atoms with E-state index in [4.69, 9.17) is 0 Å². The molecule has 4 rings (SSSR count). The zero-order chi connectivity index (χ0) is 19.7. The van der Waals surface area contributed by atoms with Crippen molar-refractivity contribution in [2.75, 3.05) is 24.5 Å². The minimum Gasteiger partial charge on any atom is -0.310 e. The van der Waals surface area contributed by atoms with Crippen LogP contribution in [0.1, 0.15) is 24.8 Å². The van der Waals surface area contributed by atoms with Crippen LogP contribution in [0.3, 0.4) is 0 Å². The summed E-state index contributed by atoms with van der Waals surface area (Å²) in [6.45, 7) is 1.37. The Morgan fingerprint density at radius 2 is 1.71 bits per heavy atom. The number of sulfonamides is 1. The highest BCUT2D eigenvalue weighted by molar-refractivity contribution is 7.89. The molecule has 1 aromatic carbocycles. The molecule has 7 nitrogen and oxygen atoms in total. The van der Waals surface area contributed by atoms with Gasteiger partial charge in [0.1, 0.15) is 6.54 Å². The third-order valence-corrected chi connectivity index (χ3v) is 7.29. The first-order valence-corrected chi connectivity index (χ1v) is 11.0. The van der Waals surface area contributed by atoms with Crippen LogP contribution < -0.4 is 10.5 Å². The molecule has 28 heavy (non-hydrogen) atoms. The number of pyridine rings is 1. The SMILES string of the molecule is O=C(Cn1cc(S(=O)(=O)N2CCCCC2)ccc1=O)N1CCc2ccccc21. The summed E-state index contributed by atoms with van der Waals surface area (Å²) in [5.74, 6) is -0.223. The van der Waals surface area contributed by atoms with Gasteiger partial charge in [0.15, 0.2) is 0 Å². The number of para-hydroxylation sites is 1. The van der Waals surface area contributed by atoms with E-state index in [9.17, 15) is 18.0 Å². The van der Waals surface area contributed by atoms with Gasteiger partial charge in [-0.25, -0.2) is 8.42 Å². The van der Waals surface area contributed by atoms with Crippen molar-refractivity contribution in [3.05, 3.63) is 58.5 Å². The Morgan fingerprint density at radius 3 is 2.50 bits per heavy atom. The van der Waals surface area contributed by atoms with Crippen LogP contribution in [0, 0.1) is 0 Å². The van der Waals surface area contributed by atoms with E-state index >= 15 is 0 Å². The number of aromatic nitrogens is 1. The molecule has 1 amide bonds. The standard InChI is InChI=1S/C20H23N3O4S/c24-19-9-8-17(28(26,27)22-11-4-1-5-12-22)14-21(19)15-20(25)23-13-10-16-6-2-3-7-18(16)23/h2-3,6-9,14H,1,4-5,10-13,15H2. The molecule has 0 spiro atoms. The molecule has 2 aliphatic heterocycles. The molecule has 1 aromatic heterocycles. The predicted molar refractivity (Wildman–Crippen MR) is 106 cm³/mol. The van der Waals surface area contributed by atoms with E-state index < -0.39 is 15.6 Å². The summed E-state index contributed by atoms with van der Waals surface area (Å²) in [7, 11) is -3.66. The molecule has 148 valence electrons. The van der Waals surface area contributed by atoms with Gasteiger partial charge in [0.05, 0.1) is 4.90 Å². The predicted octanol–water partition coefficient (Wildman–Crippen LogP) is 1.61. The van der Waals surface area contributed by atoms with Gasteiger partial charge in [-0.05, 0) is 37.0 Å². The van der Waals surface area contributed by atoms with Gasteiger partial charge in [-0.1, -0.05) is 24.6 Å². The maximum absolute atomic E-state index is 12.9. The smallest absolute Gasteiger partial charge is 0.251 e. The summed E-state index contributed by atoms with van der Waals surface area (Å²) in [5, 5.41) is 0. The third-order valence-electron chi connectivity index (χ3n) is 5.40. The van der Waals surface area contributed by atoms with Gasteiger partial charge in [-0.15, -0.1) is 0 Å². The van der Waals surface area contributed by atoms with Gasteiger partial charge in [-0.2, -0.15) is 4.31 Å². The van der Waals surface area contributed by atoms with Crippen LogP contribution >= 0.6 is 0 Å². The van der Waals surface area contributed by atoms with Crippen molar-refractivity contribution in [2.24, 2.45) is 0 Å². The number of benzene rings is 1. The summed E-state index contributed by atoms with van der Waals surface area (Å²) in [4.78, 5) is 26.8. The summed E-state index contributed by atoms with van der Waals surface area (Å²) in [6, 6.07) is 10.2. The maximum Gasteiger partial charge on any atom is 0.251 e. The highest BCUT2D eigenvalue weighted by atomic mass is 32.2. The van der Waals surface area contributed by atoms with E-state index in [-0.39, 0.29) is 17.3 Å². The fourth-order valence-corrected chi connectivity index (χ4v) is 5.41. The quantitative estimate of drug-likeness (QED) is 0.780. The van der Waals surface area contributed by atoms with Gasteiger partial charge in [0.2, 0.25) is 15.9 Å². The number of piperidine rings is 1. The summed E-state index contributed by atoms with van der Waals surface area (Å²) in [5.41, 5.74) is 1.57. The first-order valence-electron chi connectivity index (χ1n) is 9.56. The van der Waals surface area contributed by atoms with E-state index in [0.29, 0.717) is 19.6 Å². The minimum atomic E-state index is -3.66. The highest BCUT2D eigenvalue weighted by Crippen LogP contribution is 2.27. The number of hydrogen-bond donors (Lipinski definition) is 0. The van der Waals surface area contributed by atoms with Crippen molar-refractivity contribution in [3.63, 3.8) is 0 Å². The van der Waals surface area contributed by atoms with Gasteiger partial charge < -0.3 is 9.47 Å². The van der Waals surface area contributed by atoms with E-state index in [2.05, 4.69) is 0 Å². The van der Waals surface area contributed by atoms with Gasteiger partial charge >= 0.3 is 0 Å². The second kappa shape index (κ2) is 7.52. The number of anilines is 1. The van der Waals surface area contributed by atoms with E-state index in [1.807, 2.05) is 24.3 Å². The monoisotopic (exact) mass is 401 g/mol. The topological polar surface area (TPSA) is 79.7 Å². The lowest BCUT2D eigenvalue weighted by Gasteiger charge is -2.26. The molecule has 8 heteroatoms. The summed E-state index contributed by atoms with van der Waals surface area (Å²) < 4.78 is 28.4. The molecule has 2 aromatic rings. The molecule has 0 bridgehead atoms. The molecule has 0 unspecified atom stereocenters. The molecule has 1 saturated heterocycles. The van der Waals surface area contributed by atoms with Crippen molar-refractivity contribution in [3.8, 4) is 0 Å². The van der Waals surface area contributed by atoms with Crippen LogP contribution in [0.25, 0.3) is 0 Å². The molecule has 1 fully saturated rings. The first-order chi connectivity index (χ1) is 13.5. The van der Waals surface area contributed by atoms with E-state index in [1.54, 1.807) is 4.90 Å². The number of carbonyl (C=O) groups is 1. The largest absolute Gasteiger partial charge is 0.310 e. The number of rotatable bonds is 4. The molecule has 3 heterocycles. The minimum absolute atomic E-state index is 0.0589. The number of hydrogen-bond acceptors (Lipinski definition) is 4. The first kappa shape index (κ1) is 18.9.